The van der Waals surface area contributed by atoms with Crippen molar-refractivity contribution in [2.45, 2.75) is 24.7 Å². The summed E-state index contributed by atoms with van der Waals surface area (Å²) in [4.78, 5) is 35.3. The Bertz CT molecular complexity index is 522. The molecule has 0 heterocycles. The predicted molar refractivity (Wildman–Crippen MR) is 81.9 cm³/mol. The number of hydrogen-bond acceptors (Lipinski definition) is 5. The molecule has 0 spiro atoms. The maximum atomic E-state index is 11.7. The Labute approximate surface area is 128 Å². The highest BCUT2D eigenvalue weighted by Gasteiger charge is 2.22. The fourth-order valence-electron chi connectivity index (χ4n) is 1.71. The third-order valence-electron chi connectivity index (χ3n) is 2.81. The molecule has 1 atom stereocenters. The number of ketones is 1. The number of hydrogen-bond donors (Lipinski definition) is 0. The Kier molecular flexibility index (Phi) is 7.46. The van der Waals surface area contributed by atoms with Crippen LogP contribution in [0.5, 0.6) is 0 Å². The summed E-state index contributed by atoms with van der Waals surface area (Å²) in [5.74, 6) is -1.50. The average Bonchev–Trinajstić information content (AvgIpc) is 2.47. The Morgan fingerprint density at radius 3 is 2.48 bits per heavy atom. The molecular formula is C16H18O4S. The molecule has 0 saturated carbocycles. The van der Waals surface area contributed by atoms with Gasteiger partial charge in [0.05, 0.1) is 7.11 Å². The lowest BCUT2D eigenvalue weighted by molar-refractivity contribution is -0.149. The standard InChI is InChI=1S/C16H18O4S/c1-12(17)14(16(19)20-2)10-6-7-11-15(18)21-13-8-4-3-5-9-13/h3-5,7-9,11,14H,6,10H2,1-2H3/b11-7+. The van der Waals surface area contributed by atoms with Crippen LogP contribution in [-0.2, 0) is 19.1 Å². The second-order valence-corrected chi connectivity index (χ2v) is 5.48. The summed E-state index contributed by atoms with van der Waals surface area (Å²) in [6.45, 7) is 1.36. The highest BCUT2D eigenvalue weighted by molar-refractivity contribution is 8.14. The lowest BCUT2D eigenvalue weighted by Crippen LogP contribution is -2.22. The SMILES string of the molecule is COC(=O)C(CC/C=C/C(=O)Sc1ccccc1)C(C)=O. The molecular weight excluding hydrogens is 288 g/mol. The minimum atomic E-state index is -0.753. The van der Waals surface area contributed by atoms with E-state index in [9.17, 15) is 14.4 Å². The van der Waals surface area contributed by atoms with Crippen molar-refractivity contribution in [1.29, 1.82) is 0 Å². The van der Waals surface area contributed by atoms with Crippen molar-refractivity contribution in [2.24, 2.45) is 5.92 Å². The number of methoxy groups -OCH3 is 1. The van der Waals surface area contributed by atoms with Crippen LogP contribution < -0.4 is 0 Å². The van der Waals surface area contributed by atoms with Crippen molar-refractivity contribution in [2.75, 3.05) is 7.11 Å². The molecule has 0 fully saturated rings. The third kappa shape index (κ3) is 6.40. The zero-order chi connectivity index (χ0) is 15.7. The third-order valence-corrected chi connectivity index (χ3v) is 3.66. The minimum Gasteiger partial charge on any atom is -0.468 e. The van der Waals surface area contributed by atoms with Gasteiger partial charge in [-0.3, -0.25) is 14.4 Å². The van der Waals surface area contributed by atoms with Gasteiger partial charge in [0.1, 0.15) is 11.7 Å². The van der Waals surface area contributed by atoms with E-state index in [0.717, 1.165) is 16.7 Å². The second-order valence-electron chi connectivity index (χ2n) is 4.40. The first-order chi connectivity index (χ1) is 10.0. The number of carbonyl (C=O) groups is 3. The van der Waals surface area contributed by atoms with E-state index in [4.69, 9.17) is 0 Å². The molecule has 1 aromatic rings. The van der Waals surface area contributed by atoms with Crippen molar-refractivity contribution in [3.8, 4) is 0 Å². The first kappa shape index (κ1) is 17.2. The molecule has 0 aliphatic carbocycles. The molecule has 5 heteroatoms. The Morgan fingerprint density at radius 2 is 1.90 bits per heavy atom. The van der Waals surface area contributed by atoms with Crippen molar-refractivity contribution >= 4 is 28.6 Å². The number of allylic oxidation sites excluding steroid dienone is 1. The van der Waals surface area contributed by atoms with Crippen molar-refractivity contribution in [3.05, 3.63) is 42.5 Å². The number of rotatable bonds is 7. The summed E-state index contributed by atoms with van der Waals surface area (Å²) in [7, 11) is 1.26. The number of esters is 1. The lowest BCUT2D eigenvalue weighted by atomic mass is 9.99. The van der Waals surface area contributed by atoms with Gasteiger partial charge in [-0.15, -0.1) is 0 Å². The highest BCUT2D eigenvalue weighted by Crippen LogP contribution is 2.18. The number of ether oxygens (including phenoxy) is 1. The van der Waals surface area contributed by atoms with Gasteiger partial charge in [0.25, 0.3) is 0 Å². The largest absolute Gasteiger partial charge is 0.468 e. The molecule has 0 N–H and O–H groups in total. The number of thioether (sulfide) groups is 1. The van der Waals surface area contributed by atoms with Crippen molar-refractivity contribution in [3.63, 3.8) is 0 Å². The fourth-order valence-corrected chi connectivity index (χ4v) is 2.40. The quantitative estimate of drug-likeness (QED) is 0.335. The topological polar surface area (TPSA) is 60.4 Å². The molecule has 0 aliphatic rings. The van der Waals surface area contributed by atoms with Crippen molar-refractivity contribution in [1.82, 2.24) is 0 Å². The van der Waals surface area contributed by atoms with Crippen LogP contribution in [0.4, 0.5) is 0 Å². The maximum Gasteiger partial charge on any atom is 0.316 e. The van der Waals surface area contributed by atoms with Crippen LogP contribution in [0.25, 0.3) is 0 Å². The molecule has 1 rings (SSSR count). The Balaban J connectivity index is 2.41. The summed E-state index contributed by atoms with van der Waals surface area (Å²) in [5, 5.41) is -0.0846. The molecule has 0 aromatic heterocycles. The molecule has 1 unspecified atom stereocenters. The van der Waals surface area contributed by atoms with Gasteiger partial charge in [0, 0.05) is 4.90 Å². The van der Waals surface area contributed by atoms with Gasteiger partial charge in [-0.1, -0.05) is 24.3 Å². The van der Waals surface area contributed by atoms with Gasteiger partial charge in [-0.25, -0.2) is 0 Å². The second kappa shape index (κ2) is 9.13. The molecule has 4 nitrogen and oxygen atoms in total. The molecule has 0 saturated heterocycles. The van der Waals surface area contributed by atoms with Crippen LogP contribution in [0.2, 0.25) is 0 Å². The van der Waals surface area contributed by atoms with E-state index in [1.54, 1.807) is 6.08 Å². The van der Waals surface area contributed by atoms with Crippen molar-refractivity contribution < 1.29 is 19.1 Å². The maximum absolute atomic E-state index is 11.7. The van der Waals surface area contributed by atoms with Crippen LogP contribution >= 0.6 is 11.8 Å². The monoisotopic (exact) mass is 306 g/mol. The van der Waals surface area contributed by atoms with Crippen LogP contribution in [0, 0.1) is 5.92 Å². The Hall–Kier alpha value is -1.88. The van der Waals surface area contributed by atoms with E-state index < -0.39 is 11.9 Å². The molecule has 1 aromatic carbocycles. The molecule has 112 valence electrons. The van der Waals surface area contributed by atoms with E-state index >= 15 is 0 Å². The lowest BCUT2D eigenvalue weighted by Gasteiger charge is -2.09. The Morgan fingerprint density at radius 1 is 1.24 bits per heavy atom. The van der Waals surface area contributed by atoms with E-state index in [-0.39, 0.29) is 10.9 Å². The highest BCUT2D eigenvalue weighted by atomic mass is 32.2. The zero-order valence-electron chi connectivity index (χ0n) is 12.1. The van der Waals surface area contributed by atoms with E-state index in [0.29, 0.717) is 12.8 Å². The minimum absolute atomic E-state index is 0.0846. The van der Waals surface area contributed by atoms with E-state index in [1.165, 1.54) is 20.1 Å². The molecule has 21 heavy (non-hydrogen) atoms. The molecule has 0 amide bonds. The summed E-state index contributed by atoms with van der Waals surface area (Å²) < 4.78 is 4.58. The van der Waals surface area contributed by atoms with Gasteiger partial charge in [0.15, 0.2) is 0 Å². The number of benzene rings is 1. The predicted octanol–water partition coefficient (Wildman–Crippen LogP) is 3.02. The average molecular weight is 306 g/mol. The smallest absolute Gasteiger partial charge is 0.316 e. The van der Waals surface area contributed by atoms with Crippen LogP contribution in [0.1, 0.15) is 19.8 Å². The fraction of sp³-hybridized carbons (Fsp3) is 0.312. The number of carbonyl (C=O) groups excluding carboxylic acids is 3. The summed E-state index contributed by atoms with van der Waals surface area (Å²) >= 11 is 1.14. The first-order valence-corrected chi connectivity index (χ1v) is 7.38. The van der Waals surface area contributed by atoms with E-state index in [2.05, 4.69) is 4.74 Å². The number of Topliss-reactive ketones (excluding diaryl/α,β-unsaturated/α-hetero) is 1. The van der Waals surface area contributed by atoms with Gasteiger partial charge >= 0.3 is 5.97 Å². The molecule has 0 bridgehead atoms. The first-order valence-electron chi connectivity index (χ1n) is 6.56. The van der Waals surface area contributed by atoms with E-state index in [1.807, 2.05) is 30.3 Å². The van der Waals surface area contributed by atoms with Crippen LogP contribution in [-0.4, -0.2) is 24.0 Å². The zero-order valence-corrected chi connectivity index (χ0v) is 12.9. The van der Waals surface area contributed by atoms with Gasteiger partial charge in [-0.05, 0) is 49.7 Å². The van der Waals surface area contributed by atoms with Crippen LogP contribution in [0.15, 0.2) is 47.4 Å². The summed E-state index contributed by atoms with van der Waals surface area (Å²) in [5.41, 5.74) is 0. The summed E-state index contributed by atoms with van der Waals surface area (Å²) in [6.07, 6.45) is 3.96. The van der Waals surface area contributed by atoms with Gasteiger partial charge < -0.3 is 4.74 Å². The van der Waals surface area contributed by atoms with Gasteiger partial charge in [0.2, 0.25) is 5.12 Å². The molecule has 0 radical (unpaired) electrons. The molecule has 0 aliphatic heterocycles. The van der Waals surface area contributed by atoms with Gasteiger partial charge in [-0.2, -0.15) is 0 Å². The summed E-state index contributed by atoms with van der Waals surface area (Å²) in [6, 6.07) is 9.35. The normalized spacial score (nSPS) is 12.1. The van der Waals surface area contributed by atoms with Crippen LogP contribution in [0.3, 0.4) is 0 Å².